The number of benzene rings is 3. The maximum absolute atomic E-state index is 12.9. The van der Waals surface area contributed by atoms with Crippen LogP contribution in [0.4, 0.5) is 4.79 Å². The van der Waals surface area contributed by atoms with E-state index in [0.717, 1.165) is 59.9 Å². The van der Waals surface area contributed by atoms with Crippen molar-refractivity contribution in [3.8, 4) is 28.5 Å². The molecule has 0 spiro atoms. The molecule has 0 radical (unpaired) electrons. The molecule has 0 aliphatic heterocycles. The molecule has 1 atom stereocenters. The first-order valence-corrected chi connectivity index (χ1v) is 15.1. The van der Waals surface area contributed by atoms with Crippen molar-refractivity contribution in [3.63, 3.8) is 0 Å². The van der Waals surface area contributed by atoms with Crippen LogP contribution in [0.2, 0.25) is 0 Å². The summed E-state index contributed by atoms with van der Waals surface area (Å²) < 4.78 is 23.7. The predicted octanol–water partition coefficient (Wildman–Crippen LogP) is 6.32. The summed E-state index contributed by atoms with van der Waals surface area (Å²) in [6.45, 7) is 4.30. The van der Waals surface area contributed by atoms with E-state index in [1.807, 2.05) is 35.8 Å². The lowest BCUT2D eigenvalue weighted by atomic mass is 9.98. The first-order chi connectivity index (χ1) is 22.0. The topological polar surface area (TPSA) is 143 Å². The van der Waals surface area contributed by atoms with Crippen molar-refractivity contribution in [2.75, 3.05) is 6.61 Å². The summed E-state index contributed by atoms with van der Waals surface area (Å²) in [6.07, 6.45) is 2.75. The van der Waals surface area contributed by atoms with Crippen molar-refractivity contribution < 1.29 is 28.5 Å². The number of tetrazole rings is 1. The van der Waals surface area contributed by atoms with Gasteiger partial charge in [-0.15, -0.1) is 10.2 Å². The normalized spacial score (nSPS) is 14.2. The zero-order valence-corrected chi connectivity index (χ0v) is 25.1. The van der Waals surface area contributed by atoms with E-state index < -0.39 is 18.4 Å². The van der Waals surface area contributed by atoms with Gasteiger partial charge in [-0.1, -0.05) is 55.0 Å². The number of imidazole rings is 1. The summed E-state index contributed by atoms with van der Waals surface area (Å²) in [6, 6.07) is 21.6. The third-order valence-corrected chi connectivity index (χ3v) is 7.69. The van der Waals surface area contributed by atoms with E-state index in [2.05, 4.69) is 49.9 Å². The van der Waals surface area contributed by atoms with E-state index >= 15 is 0 Å². The molecule has 0 bridgehead atoms. The Kier molecular flexibility index (Phi) is 8.99. The number of rotatable bonds is 10. The predicted molar refractivity (Wildman–Crippen MR) is 164 cm³/mol. The van der Waals surface area contributed by atoms with E-state index in [-0.39, 0.29) is 11.7 Å². The van der Waals surface area contributed by atoms with Gasteiger partial charge in [0.25, 0.3) is 6.01 Å². The fourth-order valence-corrected chi connectivity index (χ4v) is 5.53. The van der Waals surface area contributed by atoms with Crippen molar-refractivity contribution in [3.05, 3.63) is 77.9 Å². The third kappa shape index (κ3) is 6.95. The van der Waals surface area contributed by atoms with Crippen LogP contribution < -0.4 is 4.74 Å². The molecular formula is C33H34N6O6. The summed E-state index contributed by atoms with van der Waals surface area (Å²) in [7, 11) is 0. The minimum Gasteiger partial charge on any atom is -0.465 e. The number of carbonyl (C=O) groups is 2. The Bertz CT molecular complexity index is 1760. The number of fused-ring (bicyclic) bond motifs is 1. The second kappa shape index (κ2) is 13.6. The fourth-order valence-electron chi connectivity index (χ4n) is 5.53. The SMILES string of the molecule is CCOc1nc2cc(C(=O)OC(C)OC(=O)OC3CCCCC3)ccc2n1Cc1ccc(-c2ccccc2-c2nn[nH]n2)cc1. The molecule has 1 aliphatic rings. The average molecular weight is 611 g/mol. The van der Waals surface area contributed by atoms with Gasteiger partial charge in [-0.3, -0.25) is 4.57 Å². The fraction of sp³-hybridized carbons (Fsp3) is 0.333. The molecule has 1 saturated carbocycles. The van der Waals surface area contributed by atoms with E-state index in [0.29, 0.717) is 30.5 Å². The molecule has 0 amide bonds. The number of hydrogen-bond donors (Lipinski definition) is 1. The van der Waals surface area contributed by atoms with Gasteiger partial charge in [0, 0.05) is 12.5 Å². The summed E-state index contributed by atoms with van der Waals surface area (Å²) in [5, 5.41) is 14.5. The highest BCUT2D eigenvalue weighted by Gasteiger charge is 2.23. The van der Waals surface area contributed by atoms with E-state index in [4.69, 9.17) is 18.9 Å². The van der Waals surface area contributed by atoms with E-state index in [1.165, 1.54) is 6.92 Å². The monoisotopic (exact) mass is 610 g/mol. The molecule has 3 aromatic carbocycles. The van der Waals surface area contributed by atoms with Gasteiger partial charge in [0.05, 0.1) is 29.7 Å². The van der Waals surface area contributed by atoms with Gasteiger partial charge >= 0.3 is 12.1 Å². The lowest BCUT2D eigenvalue weighted by Gasteiger charge is -2.22. The first-order valence-electron chi connectivity index (χ1n) is 15.1. The highest BCUT2D eigenvalue weighted by atomic mass is 16.8. The molecule has 45 heavy (non-hydrogen) atoms. The molecule has 232 valence electrons. The third-order valence-electron chi connectivity index (χ3n) is 7.69. The molecule has 1 unspecified atom stereocenters. The number of aromatic amines is 1. The van der Waals surface area contributed by atoms with Crippen LogP contribution in [0.5, 0.6) is 6.01 Å². The average Bonchev–Trinajstić information content (AvgIpc) is 3.70. The number of aromatic nitrogens is 6. The van der Waals surface area contributed by atoms with Crippen molar-refractivity contribution in [1.82, 2.24) is 30.2 Å². The molecule has 0 saturated heterocycles. The number of ether oxygens (including phenoxy) is 4. The number of nitrogens with one attached hydrogen (secondary N) is 1. The Morgan fingerprint density at radius 2 is 1.76 bits per heavy atom. The Morgan fingerprint density at radius 3 is 2.49 bits per heavy atom. The van der Waals surface area contributed by atoms with Crippen LogP contribution in [0.1, 0.15) is 61.9 Å². The largest absolute Gasteiger partial charge is 0.511 e. The Hall–Kier alpha value is -5.26. The number of hydrogen-bond acceptors (Lipinski definition) is 10. The standard InChI is InChI=1S/C33H34N6O6/c1-3-42-32-34-28-19-24(31(40)43-21(2)44-33(41)45-25-9-5-4-6-10-25)17-18-29(28)39(32)20-22-13-15-23(16-14-22)26-11-7-8-12-27(26)30-35-37-38-36-30/h7-8,11-19,21,25H,3-6,9-10,20H2,1-2H3,(H,35,36,37,38). The van der Waals surface area contributed by atoms with Gasteiger partial charge in [0.1, 0.15) is 6.10 Å². The summed E-state index contributed by atoms with van der Waals surface area (Å²) in [4.78, 5) is 29.7. The molecule has 6 rings (SSSR count). The van der Waals surface area contributed by atoms with Gasteiger partial charge in [-0.2, -0.15) is 10.2 Å². The van der Waals surface area contributed by atoms with E-state index in [9.17, 15) is 9.59 Å². The van der Waals surface area contributed by atoms with Crippen LogP contribution in [0.3, 0.4) is 0 Å². The summed E-state index contributed by atoms with van der Waals surface area (Å²) >= 11 is 0. The van der Waals surface area contributed by atoms with E-state index in [1.54, 1.807) is 18.2 Å². The summed E-state index contributed by atoms with van der Waals surface area (Å²) in [5.74, 6) is -0.109. The molecule has 2 aromatic heterocycles. The zero-order valence-electron chi connectivity index (χ0n) is 25.1. The summed E-state index contributed by atoms with van der Waals surface area (Å²) in [5.41, 5.74) is 5.57. The minimum atomic E-state index is -1.11. The van der Waals surface area contributed by atoms with Gasteiger partial charge in [0.15, 0.2) is 0 Å². The minimum absolute atomic E-state index is 0.149. The van der Waals surface area contributed by atoms with Gasteiger partial charge in [0.2, 0.25) is 12.1 Å². The van der Waals surface area contributed by atoms with Crippen molar-refractivity contribution in [2.45, 2.75) is 64.9 Å². The van der Waals surface area contributed by atoms with Crippen LogP contribution in [0.15, 0.2) is 66.7 Å². The van der Waals surface area contributed by atoms with Crippen LogP contribution in [0.25, 0.3) is 33.5 Å². The van der Waals surface area contributed by atoms with Gasteiger partial charge < -0.3 is 18.9 Å². The van der Waals surface area contributed by atoms with Crippen LogP contribution in [-0.4, -0.2) is 61.3 Å². The Balaban J connectivity index is 1.15. The van der Waals surface area contributed by atoms with Gasteiger partial charge in [-0.25, -0.2) is 9.59 Å². The van der Waals surface area contributed by atoms with Crippen LogP contribution in [-0.2, 0) is 20.8 Å². The van der Waals surface area contributed by atoms with Gasteiger partial charge in [-0.05, 0) is 72.7 Å². The maximum Gasteiger partial charge on any atom is 0.511 e. The van der Waals surface area contributed by atoms with Crippen molar-refractivity contribution >= 4 is 23.2 Å². The molecule has 12 heteroatoms. The number of carbonyl (C=O) groups excluding carboxylic acids is 2. The van der Waals surface area contributed by atoms with Crippen molar-refractivity contribution in [2.24, 2.45) is 0 Å². The molecule has 1 aliphatic carbocycles. The quantitative estimate of drug-likeness (QED) is 0.141. The molecule has 1 N–H and O–H groups in total. The smallest absolute Gasteiger partial charge is 0.465 e. The molecule has 2 heterocycles. The molecule has 12 nitrogen and oxygen atoms in total. The number of nitrogens with zero attached hydrogens (tertiary/aromatic N) is 5. The highest BCUT2D eigenvalue weighted by molar-refractivity contribution is 5.94. The second-order valence-corrected chi connectivity index (χ2v) is 10.8. The second-order valence-electron chi connectivity index (χ2n) is 10.8. The Morgan fingerprint density at radius 1 is 0.978 bits per heavy atom. The lowest BCUT2D eigenvalue weighted by molar-refractivity contribution is -0.0914. The lowest BCUT2D eigenvalue weighted by Crippen LogP contribution is -2.26. The molecule has 1 fully saturated rings. The number of H-pyrrole nitrogens is 1. The van der Waals surface area contributed by atoms with Crippen molar-refractivity contribution in [1.29, 1.82) is 0 Å². The molecular weight excluding hydrogens is 576 g/mol. The zero-order chi connectivity index (χ0) is 31.2. The number of esters is 1. The Labute approximate surface area is 259 Å². The van der Waals surface area contributed by atoms with Crippen LogP contribution in [0, 0.1) is 0 Å². The maximum atomic E-state index is 12.9. The van der Waals surface area contributed by atoms with Crippen LogP contribution >= 0.6 is 0 Å². The molecule has 5 aromatic rings. The highest BCUT2D eigenvalue weighted by Crippen LogP contribution is 2.31. The first kappa shape index (κ1) is 29.8.